The molecule has 0 heterocycles. The van der Waals surface area contributed by atoms with Crippen LogP contribution < -0.4 is 16.0 Å². The molecule has 1 aliphatic carbocycles. The summed E-state index contributed by atoms with van der Waals surface area (Å²) >= 11 is 18.4. The quantitative estimate of drug-likeness (QED) is 0.157. The number of amides is 3. The molecule has 3 aromatic rings. The fourth-order valence-corrected chi connectivity index (χ4v) is 5.80. The van der Waals surface area contributed by atoms with Gasteiger partial charge in [0.1, 0.15) is 21.7 Å². The zero-order chi connectivity index (χ0) is 37.7. The van der Waals surface area contributed by atoms with Gasteiger partial charge in [-0.1, -0.05) is 17.7 Å². The minimum atomic E-state index is -5.92. The molecule has 4 rings (SSSR count). The van der Waals surface area contributed by atoms with E-state index in [1.807, 2.05) is 5.32 Å². The van der Waals surface area contributed by atoms with Crippen molar-refractivity contribution in [3.05, 3.63) is 87.7 Å². The second-order valence-corrected chi connectivity index (χ2v) is 12.5. The van der Waals surface area contributed by atoms with Crippen LogP contribution in [0.1, 0.15) is 33.8 Å². The van der Waals surface area contributed by atoms with Crippen molar-refractivity contribution < 1.29 is 67.1 Å². The molecule has 3 N–H and O–H groups in total. The lowest BCUT2D eigenvalue weighted by atomic mass is 10.0. The number of hydrogen-bond donors (Lipinski definition) is 3. The number of anilines is 3. The SMILES string of the molecule is O=C(CC(C(F)(F)F)C(F)(F)F)Nc1c(F)ccc(NC(=O)c2cc(NC(=O)C3[C@H](c4ccc(F)c(C(F)(F)F)c4)C3(Cl)Cl)ccc2Cl)c1F. The van der Waals surface area contributed by atoms with Crippen LogP contribution in [0.3, 0.4) is 0 Å². The van der Waals surface area contributed by atoms with Crippen LogP contribution in [-0.2, 0) is 15.8 Å². The first-order valence-corrected chi connectivity index (χ1v) is 14.5. The molecule has 0 radical (unpaired) electrons. The zero-order valence-electron chi connectivity index (χ0n) is 24.0. The molecule has 1 unspecified atom stereocenters. The summed E-state index contributed by atoms with van der Waals surface area (Å²) in [4.78, 5) is 37.9. The zero-order valence-corrected chi connectivity index (χ0v) is 26.2. The minimum absolute atomic E-state index is 0.189. The Bertz CT molecular complexity index is 1830. The maximum Gasteiger partial charge on any atom is 0.419 e. The van der Waals surface area contributed by atoms with Crippen LogP contribution in [0.15, 0.2) is 48.5 Å². The Hall–Kier alpha value is -3.90. The molecular weight excluding hydrogens is 773 g/mol. The summed E-state index contributed by atoms with van der Waals surface area (Å²) in [6.45, 7) is 0. The lowest BCUT2D eigenvalue weighted by Crippen LogP contribution is -2.39. The molecule has 2 atom stereocenters. The predicted octanol–water partition coefficient (Wildman–Crippen LogP) is 9.62. The van der Waals surface area contributed by atoms with Gasteiger partial charge in [0.15, 0.2) is 11.7 Å². The van der Waals surface area contributed by atoms with Gasteiger partial charge in [-0.05, 0) is 48.0 Å². The fourth-order valence-electron chi connectivity index (χ4n) is 4.76. The van der Waals surface area contributed by atoms with Gasteiger partial charge in [0.25, 0.3) is 5.91 Å². The first kappa shape index (κ1) is 38.9. The van der Waals surface area contributed by atoms with Crippen molar-refractivity contribution in [1.82, 2.24) is 0 Å². The first-order valence-electron chi connectivity index (χ1n) is 13.4. The second kappa shape index (κ2) is 13.7. The molecule has 0 aromatic heterocycles. The second-order valence-electron chi connectivity index (χ2n) is 10.7. The summed E-state index contributed by atoms with van der Waals surface area (Å²) in [7, 11) is 0. The van der Waals surface area contributed by atoms with Gasteiger partial charge in [-0.2, -0.15) is 39.5 Å². The molecule has 50 heavy (non-hydrogen) atoms. The number of hydrogen-bond acceptors (Lipinski definition) is 3. The number of nitrogens with one attached hydrogen (secondary N) is 3. The Morgan fingerprint density at radius 2 is 1.38 bits per heavy atom. The van der Waals surface area contributed by atoms with Gasteiger partial charge in [0.05, 0.1) is 27.8 Å². The number of halogens is 15. The Labute approximate surface area is 287 Å². The van der Waals surface area contributed by atoms with Crippen molar-refractivity contribution in [2.75, 3.05) is 16.0 Å². The van der Waals surface area contributed by atoms with Crippen LogP contribution >= 0.6 is 34.8 Å². The molecule has 1 saturated carbocycles. The number of carbonyl (C=O) groups excluding carboxylic acids is 3. The average molecular weight is 789 g/mol. The van der Waals surface area contributed by atoms with E-state index in [0.29, 0.717) is 24.3 Å². The highest BCUT2D eigenvalue weighted by molar-refractivity contribution is 6.53. The van der Waals surface area contributed by atoms with E-state index in [-0.39, 0.29) is 16.3 Å². The van der Waals surface area contributed by atoms with Crippen molar-refractivity contribution >= 4 is 69.6 Å². The Morgan fingerprint density at radius 3 is 1.96 bits per heavy atom. The van der Waals surface area contributed by atoms with Crippen molar-refractivity contribution in [3.63, 3.8) is 0 Å². The summed E-state index contributed by atoms with van der Waals surface area (Å²) in [5.41, 5.74) is -4.94. The highest BCUT2D eigenvalue weighted by Crippen LogP contribution is 2.65. The van der Waals surface area contributed by atoms with E-state index in [1.54, 1.807) is 0 Å². The van der Waals surface area contributed by atoms with Crippen LogP contribution in [0.2, 0.25) is 5.02 Å². The molecule has 0 aliphatic heterocycles. The standard InChI is InChI=1S/C29H16Cl3F12N3O3/c30-14-3-2-11(45-25(50)21-20(26(21,31)32)10-1-4-15(33)13(7-10)27(36,37)38)8-12(14)24(49)46-17-6-5-16(34)23(22(17)35)47-19(48)9-18(28(39,40)41)29(42,43)44/h1-8,18,20-21H,9H2,(H,45,50)(H,46,49)(H,47,48)/t20-,21?/m0/s1. The molecule has 1 aliphatic rings. The van der Waals surface area contributed by atoms with Crippen molar-refractivity contribution in [2.45, 2.75) is 35.2 Å². The molecular formula is C29H16Cl3F12N3O3. The smallest absolute Gasteiger partial charge is 0.326 e. The molecule has 3 amide bonds. The molecule has 270 valence electrons. The van der Waals surface area contributed by atoms with E-state index in [9.17, 15) is 62.7 Å². The predicted molar refractivity (Wildman–Crippen MR) is 155 cm³/mol. The topological polar surface area (TPSA) is 87.3 Å². The Kier molecular flexibility index (Phi) is 10.6. The van der Waals surface area contributed by atoms with Gasteiger partial charge >= 0.3 is 18.5 Å². The van der Waals surface area contributed by atoms with Crippen LogP contribution in [0.4, 0.5) is 69.7 Å². The van der Waals surface area contributed by atoms with E-state index in [2.05, 4.69) is 5.32 Å². The van der Waals surface area contributed by atoms with Gasteiger partial charge in [0.2, 0.25) is 11.8 Å². The Balaban J connectivity index is 1.50. The normalized spacial score (nSPS) is 17.4. The third kappa shape index (κ3) is 8.34. The summed E-state index contributed by atoms with van der Waals surface area (Å²) < 4.78 is 158. The number of alkyl halides is 11. The van der Waals surface area contributed by atoms with Crippen LogP contribution in [0.25, 0.3) is 0 Å². The van der Waals surface area contributed by atoms with Gasteiger partial charge in [0, 0.05) is 18.0 Å². The number of benzene rings is 3. The molecule has 6 nitrogen and oxygen atoms in total. The Morgan fingerprint density at radius 1 is 0.780 bits per heavy atom. The molecule has 0 spiro atoms. The molecule has 1 fully saturated rings. The van der Waals surface area contributed by atoms with Gasteiger partial charge in [-0.25, -0.2) is 13.2 Å². The van der Waals surface area contributed by atoms with E-state index in [4.69, 9.17) is 34.8 Å². The molecule has 0 saturated heterocycles. The largest absolute Gasteiger partial charge is 0.419 e. The van der Waals surface area contributed by atoms with Gasteiger partial charge in [-0.3, -0.25) is 14.4 Å². The van der Waals surface area contributed by atoms with Crippen molar-refractivity contribution in [3.8, 4) is 0 Å². The van der Waals surface area contributed by atoms with Crippen molar-refractivity contribution in [1.29, 1.82) is 0 Å². The van der Waals surface area contributed by atoms with Crippen LogP contribution in [0, 0.1) is 29.3 Å². The van der Waals surface area contributed by atoms with E-state index < -0.39 is 105 Å². The number of carbonyl (C=O) groups is 3. The highest BCUT2D eigenvalue weighted by atomic mass is 35.5. The van der Waals surface area contributed by atoms with Gasteiger partial charge < -0.3 is 16.0 Å². The third-order valence-electron chi connectivity index (χ3n) is 7.25. The lowest BCUT2D eigenvalue weighted by Gasteiger charge is -2.22. The summed E-state index contributed by atoms with van der Waals surface area (Å²) in [5.74, 6) is -16.1. The van der Waals surface area contributed by atoms with Crippen molar-refractivity contribution in [2.24, 2.45) is 11.8 Å². The van der Waals surface area contributed by atoms with Crippen LogP contribution in [-0.4, -0.2) is 34.4 Å². The fraction of sp³-hybridized carbons (Fsp3) is 0.276. The lowest BCUT2D eigenvalue weighted by molar-refractivity contribution is -0.283. The monoisotopic (exact) mass is 787 g/mol. The minimum Gasteiger partial charge on any atom is -0.326 e. The molecule has 3 aromatic carbocycles. The first-order chi connectivity index (χ1) is 22.8. The molecule has 21 heteroatoms. The third-order valence-corrected chi connectivity index (χ3v) is 8.52. The summed E-state index contributed by atoms with van der Waals surface area (Å²) in [6.07, 6.45) is -19.2. The summed E-state index contributed by atoms with van der Waals surface area (Å²) in [6, 6.07) is 6.09. The van der Waals surface area contributed by atoms with E-state index >= 15 is 4.39 Å². The van der Waals surface area contributed by atoms with Gasteiger partial charge in [-0.15, -0.1) is 23.2 Å². The average Bonchev–Trinajstić information content (AvgIpc) is 3.56. The van der Waals surface area contributed by atoms with E-state index in [1.165, 1.54) is 5.32 Å². The van der Waals surface area contributed by atoms with E-state index in [0.717, 1.165) is 24.3 Å². The number of rotatable bonds is 8. The summed E-state index contributed by atoms with van der Waals surface area (Å²) in [5, 5.41) is 5.20. The molecule has 0 bridgehead atoms. The maximum absolute atomic E-state index is 15.1. The van der Waals surface area contributed by atoms with Crippen LogP contribution in [0.5, 0.6) is 0 Å². The maximum atomic E-state index is 15.1. The highest BCUT2D eigenvalue weighted by Gasteiger charge is 2.68.